The van der Waals surface area contributed by atoms with Gasteiger partial charge in [-0.15, -0.1) is 0 Å². The highest BCUT2D eigenvalue weighted by Crippen LogP contribution is 2.68. The van der Waals surface area contributed by atoms with E-state index in [4.69, 9.17) is 0 Å². The molecule has 0 amide bonds. The molecule has 2 atom stereocenters. The molecule has 0 bridgehead atoms. The Balaban J connectivity index is 2.26. The molecule has 2 aliphatic rings. The molecule has 100 valence electrons. The van der Waals surface area contributed by atoms with Crippen molar-refractivity contribution in [2.75, 3.05) is 0 Å². The first kappa shape index (κ1) is 12.0. The van der Waals surface area contributed by atoms with Crippen LogP contribution in [0.1, 0.15) is 56.5 Å². The van der Waals surface area contributed by atoms with Gasteiger partial charge in [0.2, 0.25) is 0 Å². The molecule has 0 N–H and O–H groups in total. The Morgan fingerprint density at radius 3 is 2.44 bits per heavy atom. The van der Waals surface area contributed by atoms with Crippen LogP contribution in [0.4, 0.5) is 17.6 Å². The van der Waals surface area contributed by atoms with Gasteiger partial charge in [0.1, 0.15) is 11.4 Å². The number of rotatable bonds is 1. The van der Waals surface area contributed by atoms with Gasteiger partial charge in [-0.2, -0.15) is 13.9 Å². The van der Waals surface area contributed by atoms with Crippen molar-refractivity contribution in [1.29, 1.82) is 0 Å². The van der Waals surface area contributed by atoms with E-state index in [2.05, 4.69) is 5.10 Å². The van der Waals surface area contributed by atoms with Gasteiger partial charge in [0, 0.05) is 11.5 Å². The molecule has 1 heterocycles. The monoisotopic (exact) mass is 262 g/mol. The molecule has 6 heteroatoms. The first-order chi connectivity index (χ1) is 8.15. The van der Waals surface area contributed by atoms with Crippen molar-refractivity contribution in [3.63, 3.8) is 0 Å². The molecule has 0 saturated heterocycles. The largest absolute Gasteiger partial charge is 0.293 e. The summed E-state index contributed by atoms with van der Waals surface area (Å²) in [5.41, 5.74) is -1.36. The summed E-state index contributed by atoms with van der Waals surface area (Å²) < 4.78 is 55.3. The fraction of sp³-hybridized carbons (Fsp3) is 0.750. The Bertz CT molecular complexity index is 513. The molecule has 2 aliphatic carbocycles. The van der Waals surface area contributed by atoms with Gasteiger partial charge < -0.3 is 0 Å². The molecule has 3 rings (SSSR count). The van der Waals surface area contributed by atoms with E-state index < -0.39 is 35.4 Å². The molecule has 0 aliphatic heterocycles. The van der Waals surface area contributed by atoms with E-state index in [1.165, 1.54) is 0 Å². The minimum atomic E-state index is -3.02. The van der Waals surface area contributed by atoms with Crippen LogP contribution in [-0.2, 0) is 11.5 Å². The third kappa shape index (κ3) is 1.32. The molecule has 0 spiro atoms. The van der Waals surface area contributed by atoms with Crippen LogP contribution >= 0.6 is 0 Å². The van der Waals surface area contributed by atoms with E-state index in [1.807, 2.05) is 0 Å². The van der Waals surface area contributed by atoms with Crippen molar-refractivity contribution in [2.45, 2.75) is 51.0 Å². The molecule has 1 fully saturated rings. The maximum atomic E-state index is 14.1. The second-order valence-electron chi connectivity index (χ2n) is 6.10. The smallest absolute Gasteiger partial charge is 0.257 e. The molecule has 0 aromatic carbocycles. The maximum Gasteiger partial charge on any atom is 0.293 e. The molecular formula is C12H14F4N2. The van der Waals surface area contributed by atoms with Crippen LogP contribution in [0.2, 0.25) is 0 Å². The van der Waals surface area contributed by atoms with Crippen molar-refractivity contribution < 1.29 is 17.6 Å². The molecule has 2 nitrogen and oxygen atoms in total. The van der Waals surface area contributed by atoms with Crippen molar-refractivity contribution in [1.82, 2.24) is 9.78 Å². The van der Waals surface area contributed by atoms with Gasteiger partial charge in [-0.1, -0.05) is 0 Å². The summed E-state index contributed by atoms with van der Waals surface area (Å²) in [7, 11) is 0. The number of nitrogens with zero attached hydrogens (tertiary/aromatic N) is 2. The van der Waals surface area contributed by atoms with E-state index in [-0.39, 0.29) is 11.3 Å². The maximum absolute atomic E-state index is 14.1. The normalized spacial score (nSPS) is 28.4. The van der Waals surface area contributed by atoms with Crippen LogP contribution in [0.15, 0.2) is 0 Å². The predicted octanol–water partition coefficient (Wildman–Crippen LogP) is 3.78. The lowest BCUT2D eigenvalue weighted by Gasteiger charge is -2.25. The van der Waals surface area contributed by atoms with Gasteiger partial charge >= 0.3 is 0 Å². The number of halogens is 4. The lowest BCUT2D eigenvalue weighted by molar-refractivity contribution is -0.0343. The van der Waals surface area contributed by atoms with Crippen LogP contribution < -0.4 is 0 Å². The van der Waals surface area contributed by atoms with Gasteiger partial charge in [-0.3, -0.25) is 4.68 Å². The van der Waals surface area contributed by atoms with Crippen molar-refractivity contribution >= 4 is 0 Å². The highest BCUT2D eigenvalue weighted by atomic mass is 19.3. The quantitative estimate of drug-likeness (QED) is 0.704. The van der Waals surface area contributed by atoms with Crippen LogP contribution in [0.3, 0.4) is 0 Å². The lowest BCUT2D eigenvalue weighted by Crippen LogP contribution is -2.30. The zero-order valence-electron chi connectivity index (χ0n) is 10.3. The van der Waals surface area contributed by atoms with Crippen LogP contribution in [0, 0.1) is 5.92 Å². The summed E-state index contributed by atoms with van der Waals surface area (Å²) in [5, 5.41) is 3.76. The second-order valence-corrected chi connectivity index (χ2v) is 6.10. The lowest BCUT2D eigenvalue weighted by atomic mass is 10.1. The highest BCUT2D eigenvalue weighted by molar-refractivity contribution is 5.46. The zero-order valence-corrected chi connectivity index (χ0v) is 10.3. The van der Waals surface area contributed by atoms with E-state index in [0.717, 1.165) is 4.68 Å². The van der Waals surface area contributed by atoms with E-state index in [1.54, 1.807) is 20.8 Å². The van der Waals surface area contributed by atoms with Crippen molar-refractivity contribution in [3.8, 4) is 0 Å². The molecule has 0 radical (unpaired) electrons. The van der Waals surface area contributed by atoms with Crippen molar-refractivity contribution in [3.05, 3.63) is 17.0 Å². The average Bonchev–Trinajstić information content (AvgIpc) is 2.82. The van der Waals surface area contributed by atoms with Gasteiger partial charge in [0.15, 0.2) is 0 Å². The predicted molar refractivity (Wildman–Crippen MR) is 56.9 cm³/mol. The van der Waals surface area contributed by atoms with Gasteiger partial charge in [0.05, 0.1) is 5.54 Å². The van der Waals surface area contributed by atoms with Crippen LogP contribution in [0.5, 0.6) is 0 Å². The Morgan fingerprint density at radius 2 is 1.94 bits per heavy atom. The molecule has 1 aromatic heterocycles. The molecule has 1 saturated carbocycles. The first-order valence-electron chi connectivity index (χ1n) is 5.95. The second kappa shape index (κ2) is 3.08. The number of alkyl halides is 4. The first-order valence-corrected chi connectivity index (χ1v) is 5.95. The standard InChI is InChI=1S/C12H14F4N2/c1-11(2,3)18-9-7(8(17-18)10(13)14)5-4-6(5)12(9,15)16/h5-6,10H,4H2,1-3H3/t5?,6-/m1/s1. The number of aromatic nitrogens is 2. The Morgan fingerprint density at radius 1 is 1.33 bits per heavy atom. The third-order valence-electron chi connectivity index (χ3n) is 3.74. The van der Waals surface area contributed by atoms with Crippen molar-refractivity contribution in [2.24, 2.45) is 5.92 Å². The zero-order chi connectivity index (χ0) is 13.5. The SMILES string of the molecule is CC(C)(C)n1nc(C(F)F)c2c1C(F)(F)[C@@H]1CC21. The number of hydrogen-bond donors (Lipinski definition) is 0. The fourth-order valence-electron chi connectivity index (χ4n) is 2.87. The summed E-state index contributed by atoms with van der Waals surface area (Å²) >= 11 is 0. The van der Waals surface area contributed by atoms with Crippen LogP contribution in [0.25, 0.3) is 0 Å². The third-order valence-corrected chi connectivity index (χ3v) is 3.74. The Labute approximate surface area is 102 Å². The fourth-order valence-corrected chi connectivity index (χ4v) is 2.87. The average molecular weight is 262 g/mol. The van der Waals surface area contributed by atoms with E-state index >= 15 is 0 Å². The van der Waals surface area contributed by atoms with E-state index in [9.17, 15) is 17.6 Å². The minimum Gasteiger partial charge on any atom is -0.257 e. The van der Waals surface area contributed by atoms with Gasteiger partial charge in [0.25, 0.3) is 12.3 Å². The number of hydrogen-bond acceptors (Lipinski definition) is 1. The summed E-state index contributed by atoms with van der Waals surface area (Å²) in [4.78, 5) is 0. The van der Waals surface area contributed by atoms with Gasteiger partial charge in [-0.25, -0.2) is 8.78 Å². The number of fused-ring (bicyclic) bond motifs is 3. The minimum absolute atomic E-state index is 0.106. The molecule has 1 unspecified atom stereocenters. The summed E-state index contributed by atoms with van der Waals surface area (Å²) in [6, 6.07) is 0. The van der Waals surface area contributed by atoms with Crippen LogP contribution in [-0.4, -0.2) is 9.78 Å². The topological polar surface area (TPSA) is 17.8 Å². The molecule has 1 aromatic rings. The Kier molecular flexibility index (Phi) is 2.05. The summed E-state index contributed by atoms with van der Waals surface area (Å²) in [6.07, 6.45) is -2.49. The van der Waals surface area contributed by atoms with E-state index in [0.29, 0.717) is 6.42 Å². The molecular weight excluding hydrogens is 248 g/mol. The van der Waals surface area contributed by atoms with Gasteiger partial charge in [-0.05, 0) is 33.1 Å². The molecule has 18 heavy (non-hydrogen) atoms. The highest BCUT2D eigenvalue weighted by Gasteiger charge is 2.67. The Hall–Kier alpha value is -1.07. The summed E-state index contributed by atoms with van der Waals surface area (Å²) in [6.45, 7) is 5.07. The summed E-state index contributed by atoms with van der Waals surface area (Å²) in [5.74, 6) is -4.24.